The fourth-order valence-electron chi connectivity index (χ4n) is 15.5. The molecule has 0 atom stereocenters. The Hall–Kier alpha value is 0.0997. The van der Waals surface area contributed by atoms with E-state index < -0.39 is 0 Å². The van der Waals surface area contributed by atoms with Gasteiger partial charge in [-0.15, -0.1) is 0 Å². The number of aryl methyl sites for hydroxylation is 9. The second-order valence-electron chi connectivity index (χ2n) is 25.5. The molecule has 0 spiro atoms. The summed E-state index contributed by atoms with van der Waals surface area (Å²) in [6.45, 7) is 19.3. The SMILES string of the molecule is Brc1ccnc(Br)c1.C1CCC(P(C2CCCCC2)C2CCCCC2)CC1.C1CCC(P(C2CCCCC2)C2CCCCC2)CC1.Cc1[c-]c(C)cc(C)c1.Cc1cc(C)c(-c2ccnc(-c3c(C)cc(C)cc3C)c2)c(C)c1.[Br-].[Cl][Ni][Cl].[Mg+2]. The summed E-state index contributed by atoms with van der Waals surface area (Å²) >= 11 is 7.08. The summed E-state index contributed by atoms with van der Waals surface area (Å²) in [5.41, 5.74) is 23.6. The number of benzene rings is 3. The number of hydrogen-bond donors (Lipinski definition) is 0. The zero-order valence-corrected chi connectivity index (χ0v) is 63.8. The van der Waals surface area contributed by atoms with Gasteiger partial charge in [-0.2, -0.15) is 34.9 Å². The Labute approximate surface area is 574 Å². The number of aromatic nitrogens is 2. The number of hydrogen-bond acceptors (Lipinski definition) is 2. The van der Waals surface area contributed by atoms with Crippen molar-refractivity contribution >= 4 is 91.1 Å². The average molecular weight is 1470 g/mol. The van der Waals surface area contributed by atoms with Crippen LogP contribution in [0.3, 0.4) is 0 Å². The van der Waals surface area contributed by atoms with Crippen LogP contribution in [0.5, 0.6) is 0 Å². The summed E-state index contributed by atoms with van der Waals surface area (Å²) in [6, 6.07) is 24.6. The maximum Gasteiger partial charge on any atom is 2.00 e. The molecule has 84 heavy (non-hydrogen) atoms. The van der Waals surface area contributed by atoms with Gasteiger partial charge in [-0.25, -0.2) is 4.98 Å². The largest absolute Gasteiger partial charge is 2.00 e. The van der Waals surface area contributed by atoms with Crippen molar-refractivity contribution in [2.75, 3.05) is 0 Å². The molecule has 464 valence electrons. The fourth-order valence-corrected chi connectivity index (χ4v) is 25.8. The molecule has 6 aliphatic carbocycles. The Morgan fingerprint density at radius 2 is 0.690 bits per heavy atom. The van der Waals surface area contributed by atoms with Crippen molar-refractivity contribution < 1.29 is 29.6 Å². The van der Waals surface area contributed by atoms with Crippen LogP contribution in [0, 0.1) is 68.4 Å². The van der Waals surface area contributed by atoms with E-state index in [-0.39, 0.29) is 40.0 Å². The third kappa shape index (κ3) is 26.0. The Balaban J connectivity index is 0.000000231. The molecule has 6 saturated carbocycles. The van der Waals surface area contributed by atoms with Gasteiger partial charge in [0.15, 0.2) is 0 Å². The molecule has 0 bridgehead atoms. The number of halogens is 5. The minimum atomic E-state index is 0. The zero-order valence-electron chi connectivity index (χ0n) is 53.3. The summed E-state index contributed by atoms with van der Waals surface area (Å²) in [7, 11) is 10.2. The predicted molar refractivity (Wildman–Crippen MR) is 375 cm³/mol. The molecule has 2 nitrogen and oxygen atoms in total. The van der Waals surface area contributed by atoms with E-state index in [0.29, 0.717) is 28.5 Å². The standard InChI is InChI=1S/C23H25N.2C18H33P.C9H11.C5H3Br2N.BrH.2ClH.Mg.Ni/c1-14-9-16(3)22(17(4)10-14)20-7-8-24-21(13-20)23-18(5)11-15(2)12-19(23)6;2*1-4-10-16(11-5-1)19(17-12-6-2-7-13-17)18-14-8-3-9-15-18;1-7-4-8(2)6-9(3)5-7;6-4-1-2-8-5(7)3-4;;;;;/h7-13H,1-6H3;2*16-18H,1-15H2;4-5H,1-3H3;1-3H;3*1H;;/q;;;-1;;;;;2*+2/p-3. The van der Waals surface area contributed by atoms with E-state index in [1.165, 1.54) is 139 Å². The second-order valence-corrected chi connectivity index (χ2v) is 35.0. The summed E-state index contributed by atoms with van der Waals surface area (Å²) in [5, 5.41) is 0. The van der Waals surface area contributed by atoms with Crippen LogP contribution < -0.4 is 17.0 Å². The molecule has 0 saturated heterocycles. The van der Waals surface area contributed by atoms with Gasteiger partial charge < -0.3 is 17.0 Å². The molecule has 6 aliphatic rings. The molecule has 2 aromatic heterocycles. The third-order valence-corrected chi connectivity index (χ3v) is 27.7. The zero-order chi connectivity index (χ0) is 58.8. The van der Waals surface area contributed by atoms with E-state index >= 15 is 0 Å². The van der Waals surface area contributed by atoms with Gasteiger partial charge in [-0.05, 0) is 226 Å². The van der Waals surface area contributed by atoms with Crippen molar-refractivity contribution in [1.82, 2.24) is 9.97 Å². The summed E-state index contributed by atoms with van der Waals surface area (Å²) < 4.78 is 1.89. The van der Waals surface area contributed by atoms with Crippen molar-refractivity contribution in [3.8, 4) is 22.4 Å². The molecule has 0 unspecified atom stereocenters. The van der Waals surface area contributed by atoms with Crippen molar-refractivity contribution in [1.29, 1.82) is 0 Å². The van der Waals surface area contributed by atoms with Gasteiger partial charge in [-0.3, -0.25) is 4.98 Å². The van der Waals surface area contributed by atoms with Crippen LogP contribution in [0.15, 0.2) is 82.1 Å². The molecule has 3 aromatic carbocycles. The molecule has 0 N–H and O–H groups in total. The molecule has 5 aromatic rings. The van der Waals surface area contributed by atoms with Crippen molar-refractivity contribution in [2.45, 2.75) is 289 Å². The summed E-state index contributed by atoms with van der Waals surface area (Å²) in [5.74, 6) is 0. The van der Waals surface area contributed by atoms with Crippen LogP contribution >= 0.6 is 68.1 Å². The van der Waals surface area contributed by atoms with Crippen LogP contribution in [0.4, 0.5) is 0 Å². The molecular weight excluding hydrogens is 1360 g/mol. The Morgan fingerprint density at radius 1 is 0.405 bits per heavy atom. The number of nitrogens with zero attached hydrogens (tertiary/aromatic N) is 2. The van der Waals surface area contributed by atoms with Crippen LogP contribution in [-0.4, -0.2) is 67.0 Å². The topological polar surface area (TPSA) is 25.8 Å². The Kier molecular flexibility index (Phi) is 38.5. The van der Waals surface area contributed by atoms with Gasteiger partial charge in [0.1, 0.15) is 4.60 Å². The maximum atomic E-state index is 4.70. The van der Waals surface area contributed by atoms with Crippen molar-refractivity contribution in [3.63, 3.8) is 0 Å². The molecule has 0 amide bonds. The molecular formula is C73H105Br3Cl2MgN2NiP2. The first-order valence-corrected chi connectivity index (χ1v) is 39.8. The molecule has 6 fully saturated rings. The van der Waals surface area contributed by atoms with Crippen LogP contribution in [-0.2, 0) is 12.7 Å². The minimum absolute atomic E-state index is 0. The smallest absolute Gasteiger partial charge is 2.00 e. The van der Waals surface area contributed by atoms with Gasteiger partial charge in [0, 0.05) is 22.4 Å². The molecule has 0 radical (unpaired) electrons. The number of pyridine rings is 2. The predicted octanol–water partition coefficient (Wildman–Crippen LogP) is 22.2. The van der Waals surface area contributed by atoms with E-state index in [4.69, 9.17) is 20.4 Å². The first-order valence-electron chi connectivity index (χ1n) is 32.4. The first-order chi connectivity index (χ1) is 39.6. The van der Waals surface area contributed by atoms with Crippen LogP contribution in [0.2, 0.25) is 0 Å². The Bertz CT molecular complexity index is 2300. The van der Waals surface area contributed by atoms with Gasteiger partial charge in [0.25, 0.3) is 0 Å². The van der Waals surface area contributed by atoms with Crippen LogP contribution in [0.25, 0.3) is 22.4 Å². The van der Waals surface area contributed by atoms with Crippen molar-refractivity contribution in [2.24, 2.45) is 0 Å². The normalized spacial score (nSPS) is 18.4. The van der Waals surface area contributed by atoms with Gasteiger partial charge >= 0.3 is 56.1 Å². The fraction of sp³-hybridized carbons (Fsp3) is 0.616. The first kappa shape index (κ1) is 76.6. The van der Waals surface area contributed by atoms with E-state index in [1.54, 1.807) is 160 Å². The average Bonchev–Trinajstić information content (AvgIpc) is 3.61. The maximum absolute atomic E-state index is 4.70. The van der Waals surface area contributed by atoms with Gasteiger partial charge in [-0.1, -0.05) is 204 Å². The monoisotopic (exact) mass is 1460 g/mol. The minimum Gasteiger partial charge on any atom is 2.00 e. The van der Waals surface area contributed by atoms with Gasteiger partial charge in [0.2, 0.25) is 0 Å². The molecule has 11 heteroatoms. The van der Waals surface area contributed by atoms with E-state index in [1.807, 2.05) is 18.3 Å². The summed E-state index contributed by atoms with van der Waals surface area (Å²) in [4.78, 5) is 8.59. The summed E-state index contributed by atoms with van der Waals surface area (Å²) in [6.07, 6.45) is 50.9. The van der Waals surface area contributed by atoms with E-state index in [9.17, 15) is 0 Å². The second kappa shape index (κ2) is 42.3. The van der Waals surface area contributed by atoms with E-state index in [0.717, 1.165) is 14.8 Å². The third-order valence-electron chi connectivity index (χ3n) is 18.6. The Morgan fingerprint density at radius 3 is 0.964 bits per heavy atom. The quantitative estimate of drug-likeness (QED) is 0.0670. The van der Waals surface area contributed by atoms with Crippen molar-refractivity contribution in [3.05, 3.63) is 138 Å². The van der Waals surface area contributed by atoms with Gasteiger partial charge in [0.05, 0.1) is 5.69 Å². The van der Waals surface area contributed by atoms with Crippen LogP contribution in [0.1, 0.15) is 243 Å². The number of rotatable bonds is 8. The molecule has 11 rings (SSSR count). The molecule has 0 aliphatic heterocycles. The molecule has 2 heterocycles. The van der Waals surface area contributed by atoms with E-state index in [2.05, 4.69) is 159 Å².